The Morgan fingerprint density at radius 2 is 1.90 bits per heavy atom. The molecule has 2 aliphatic heterocycles. The number of anilines is 1. The molecule has 3 aliphatic rings. The van der Waals surface area contributed by atoms with Crippen molar-refractivity contribution < 1.29 is 4.79 Å². The number of nitrogens with zero attached hydrogens (tertiary/aromatic N) is 6. The molecule has 0 radical (unpaired) electrons. The Morgan fingerprint density at radius 1 is 1.14 bits per heavy atom. The zero-order valence-electron chi connectivity index (χ0n) is 16.7. The predicted molar refractivity (Wildman–Crippen MR) is 116 cm³/mol. The fraction of sp³-hybridized carbons (Fsp3) is 0.684. The Hall–Kier alpha value is -1.64. The number of hydrogen-bond acceptors (Lipinski definition) is 6. The molecular weight excluding hydrogens is 413 g/mol. The smallest absolute Gasteiger partial charge is 0.254 e. The summed E-state index contributed by atoms with van der Waals surface area (Å²) in [5.74, 6) is 2.63. The molecular formula is C19H29Cl2N7O. The SMILES string of the molecule is Cc1cc(N2CCN(C(=O)C3CC4CCCCC4N3)CC2)n2ncnc2n1.Cl.Cl. The van der Waals surface area contributed by atoms with Crippen LogP contribution in [0.15, 0.2) is 12.4 Å². The molecule has 1 saturated carbocycles. The lowest BCUT2D eigenvalue weighted by molar-refractivity contribution is -0.133. The number of fused-ring (bicyclic) bond motifs is 2. The average molecular weight is 442 g/mol. The van der Waals surface area contributed by atoms with Crippen LogP contribution in [-0.4, -0.2) is 68.7 Å². The first kappa shape index (κ1) is 22.1. The summed E-state index contributed by atoms with van der Waals surface area (Å²) in [5.41, 5.74) is 0.932. The minimum absolute atomic E-state index is 0. The zero-order chi connectivity index (χ0) is 18.4. The number of hydrogen-bond donors (Lipinski definition) is 1. The standard InChI is InChI=1S/C19H27N7O.2ClH/c1-13-10-17(26-19(22-13)20-12-21-26)24-6-8-25(9-7-24)18(27)16-11-14-4-2-3-5-15(14)23-16;;/h10,12,14-16,23H,2-9,11H2,1H3;2*1H. The van der Waals surface area contributed by atoms with Crippen LogP contribution >= 0.6 is 24.8 Å². The highest BCUT2D eigenvalue weighted by molar-refractivity contribution is 5.85. The van der Waals surface area contributed by atoms with E-state index in [0.717, 1.165) is 44.1 Å². The Bertz CT molecular complexity index is 838. The van der Waals surface area contributed by atoms with Crippen molar-refractivity contribution in [1.82, 2.24) is 29.8 Å². The van der Waals surface area contributed by atoms with Crippen molar-refractivity contribution in [3.63, 3.8) is 0 Å². The number of carbonyl (C=O) groups is 1. The van der Waals surface area contributed by atoms with Gasteiger partial charge in [-0.25, -0.2) is 4.98 Å². The van der Waals surface area contributed by atoms with Crippen molar-refractivity contribution in [3.8, 4) is 0 Å². The van der Waals surface area contributed by atoms with E-state index in [4.69, 9.17) is 0 Å². The molecule has 8 nitrogen and oxygen atoms in total. The van der Waals surface area contributed by atoms with Crippen LogP contribution in [-0.2, 0) is 4.79 Å². The van der Waals surface area contributed by atoms with Gasteiger partial charge < -0.3 is 15.1 Å². The summed E-state index contributed by atoms with van der Waals surface area (Å²) in [6, 6.07) is 2.63. The lowest BCUT2D eigenvalue weighted by atomic mass is 9.85. The van der Waals surface area contributed by atoms with E-state index < -0.39 is 0 Å². The van der Waals surface area contributed by atoms with Crippen LogP contribution in [0.25, 0.3) is 5.78 Å². The molecule has 1 amide bonds. The second kappa shape index (κ2) is 9.02. The van der Waals surface area contributed by atoms with Gasteiger partial charge in [-0.15, -0.1) is 24.8 Å². The van der Waals surface area contributed by atoms with Gasteiger partial charge in [0.05, 0.1) is 6.04 Å². The van der Waals surface area contributed by atoms with E-state index in [1.807, 2.05) is 17.9 Å². The van der Waals surface area contributed by atoms with Gasteiger partial charge in [0.1, 0.15) is 12.1 Å². The van der Waals surface area contributed by atoms with Crippen LogP contribution in [0.5, 0.6) is 0 Å². The van der Waals surface area contributed by atoms with Gasteiger partial charge >= 0.3 is 0 Å². The molecule has 4 heterocycles. The Morgan fingerprint density at radius 3 is 2.66 bits per heavy atom. The highest BCUT2D eigenvalue weighted by Gasteiger charge is 2.40. The first-order chi connectivity index (χ1) is 13.2. The van der Waals surface area contributed by atoms with Gasteiger partial charge in [-0.2, -0.15) is 14.6 Å². The molecule has 3 atom stereocenters. The zero-order valence-corrected chi connectivity index (χ0v) is 18.3. The molecule has 5 rings (SSSR count). The molecule has 2 aromatic rings. The van der Waals surface area contributed by atoms with Crippen LogP contribution < -0.4 is 10.2 Å². The molecule has 3 unspecified atom stereocenters. The predicted octanol–water partition coefficient (Wildman–Crippen LogP) is 1.85. The minimum Gasteiger partial charge on any atom is -0.353 e. The number of aromatic nitrogens is 4. The molecule has 0 aromatic carbocycles. The fourth-order valence-electron chi connectivity index (χ4n) is 5.02. The summed E-state index contributed by atoms with van der Waals surface area (Å²) in [6.07, 6.45) is 7.70. The van der Waals surface area contributed by atoms with Crippen molar-refractivity contribution in [1.29, 1.82) is 0 Å². The summed E-state index contributed by atoms with van der Waals surface area (Å²) in [6.45, 7) is 5.10. The second-order valence-corrected chi connectivity index (χ2v) is 8.15. The van der Waals surface area contributed by atoms with Crippen LogP contribution in [0.2, 0.25) is 0 Å². The third-order valence-electron chi connectivity index (χ3n) is 6.44. The number of nitrogens with one attached hydrogen (secondary N) is 1. The first-order valence-corrected chi connectivity index (χ1v) is 10.2. The van der Waals surface area contributed by atoms with Crippen LogP contribution in [0, 0.1) is 12.8 Å². The number of piperazine rings is 1. The minimum atomic E-state index is 0. The molecule has 0 bridgehead atoms. The van der Waals surface area contributed by atoms with Gasteiger partial charge in [0.25, 0.3) is 5.78 Å². The highest BCUT2D eigenvalue weighted by atomic mass is 35.5. The Balaban J connectivity index is 0.00000120. The first-order valence-electron chi connectivity index (χ1n) is 10.2. The Labute approximate surface area is 183 Å². The number of halogens is 2. The van der Waals surface area contributed by atoms with E-state index in [2.05, 4.69) is 25.3 Å². The molecule has 160 valence electrons. The number of carbonyl (C=O) groups excluding carboxylic acids is 1. The largest absolute Gasteiger partial charge is 0.353 e. The van der Waals surface area contributed by atoms with Gasteiger partial charge in [0.15, 0.2) is 0 Å². The summed E-state index contributed by atoms with van der Waals surface area (Å²) < 4.78 is 1.79. The van der Waals surface area contributed by atoms with E-state index in [9.17, 15) is 4.79 Å². The number of amides is 1. The van der Waals surface area contributed by atoms with E-state index in [-0.39, 0.29) is 30.9 Å². The Kier molecular flexibility index (Phi) is 6.86. The summed E-state index contributed by atoms with van der Waals surface area (Å²) >= 11 is 0. The van der Waals surface area contributed by atoms with Crippen molar-refractivity contribution in [2.45, 2.75) is 51.1 Å². The van der Waals surface area contributed by atoms with Crippen molar-refractivity contribution in [2.24, 2.45) is 5.92 Å². The monoisotopic (exact) mass is 441 g/mol. The van der Waals surface area contributed by atoms with E-state index in [1.165, 1.54) is 32.0 Å². The topological polar surface area (TPSA) is 78.7 Å². The third-order valence-corrected chi connectivity index (χ3v) is 6.44. The summed E-state index contributed by atoms with van der Waals surface area (Å²) in [4.78, 5) is 26.0. The van der Waals surface area contributed by atoms with Crippen molar-refractivity contribution >= 4 is 42.3 Å². The maximum Gasteiger partial charge on any atom is 0.254 e. The van der Waals surface area contributed by atoms with Crippen LogP contribution in [0.4, 0.5) is 5.82 Å². The number of rotatable bonds is 2. The van der Waals surface area contributed by atoms with E-state index in [0.29, 0.717) is 23.6 Å². The fourth-order valence-corrected chi connectivity index (χ4v) is 5.02. The third kappa shape index (κ3) is 4.15. The molecule has 3 fully saturated rings. The van der Waals surface area contributed by atoms with Gasteiger partial charge in [0.2, 0.25) is 5.91 Å². The normalized spacial score (nSPS) is 26.6. The molecule has 10 heteroatoms. The second-order valence-electron chi connectivity index (χ2n) is 8.15. The van der Waals surface area contributed by atoms with E-state index >= 15 is 0 Å². The molecule has 0 spiro atoms. The van der Waals surface area contributed by atoms with E-state index in [1.54, 1.807) is 4.52 Å². The lowest BCUT2D eigenvalue weighted by Crippen LogP contribution is -2.54. The summed E-state index contributed by atoms with van der Waals surface area (Å²) in [7, 11) is 0. The maximum atomic E-state index is 13.0. The molecule has 2 saturated heterocycles. The van der Waals surface area contributed by atoms with Crippen LogP contribution in [0.3, 0.4) is 0 Å². The number of aryl methyl sites for hydroxylation is 1. The average Bonchev–Trinajstić information content (AvgIpc) is 3.33. The van der Waals surface area contributed by atoms with Crippen molar-refractivity contribution in [3.05, 3.63) is 18.1 Å². The molecule has 1 aliphatic carbocycles. The van der Waals surface area contributed by atoms with Gasteiger partial charge in [-0.1, -0.05) is 12.8 Å². The maximum absolute atomic E-state index is 13.0. The molecule has 2 aromatic heterocycles. The quantitative estimate of drug-likeness (QED) is 0.765. The lowest BCUT2D eigenvalue weighted by Gasteiger charge is -2.37. The van der Waals surface area contributed by atoms with Crippen LogP contribution in [0.1, 0.15) is 37.8 Å². The summed E-state index contributed by atoms with van der Waals surface area (Å²) in [5, 5.41) is 7.93. The van der Waals surface area contributed by atoms with Crippen molar-refractivity contribution in [2.75, 3.05) is 31.1 Å². The molecule has 29 heavy (non-hydrogen) atoms. The van der Waals surface area contributed by atoms with Gasteiger partial charge in [-0.3, -0.25) is 4.79 Å². The molecule has 1 N–H and O–H groups in total. The van der Waals surface area contributed by atoms with Gasteiger partial charge in [0, 0.05) is 44.0 Å². The highest BCUT2D eigenvalue weighted by Crippen LogP contribution is 2.33. The van der Waals surface area contributed by atoms with Gasteiger partial charge in [-0.05, 0) is 32.1 Å².